The molecule has 27 heavy (non-hydrogen) atoms. The third kappa shape index (κ3) is 6.22. The number of hydrogen-bond acceptors (Lipinski definition) is 4. The predicted octanol–water partition coefficient (Wildman–Crippen LogP) is 2.57. The molecule has 2 aromatic rings. The summed E-state index contributed by atoms with van der Waals surface area (Å²) in [5.41, 5.74) is 0.767. The average Bonchev–Trinajstić information content (AvgIpc) is 3.19. The van der Waals surface area contributed by atoms with Gasteiger partial charge in [-0.15, -0.1) is 0 Å². The number of amides is 1. The maximum absolute atomic E-state index is 12.4. The molecular formula is C20H26N2O4S. The lowest BCUT2D eigenvalue weighted by atomic mass is 9.98. The Labute approximate surface area is 160 Å². The Bertz CT molecular complexity index is 819. The molecule has 1 amide bonds. The fourth-order valence-electron chi connectivity index (χ4n) is 3.39. The Hall–Kier alpha value is -2.12. The van der Waals surface area contributed by atoms with Crippen LogP contribution in [-0.2, 0) is 27.0 Å². The van der Waals surface area contributed by atoms with Crippen LogP contribution in [0, 0.1) is 5.92 Å². The second-order valence-electron chi connectivity index (χ2n) is 7.02. The second kappa shape index (κ2) is 9.19. The molecule has 0 bridgehead atoms. The number of aryl methyl sites for hydroxylation is 1. The third-order valence-electron chi connectivity index (χ3n) is 4.83. The summed E-state index contributed by atoms with van der Waals surface area (Å²) in [6, 6.07) is 12.8. The molecule has 7 heteroatoms. The summed E-state index contributed by atoms with van der Waals surface area (Å²) in [6.07, 6.45) is 4.45. The van der Waals surface area contributed by atoms with Crippen molar-refractivity contribution in [1.29, 1.82) is 0 Å². The lowest BCUT2D eigenvalue weighted by Gasteiger charge is -2.33. The molecule has 1 aromatic heterocycles. The summed E-state index contributed by atoms with van der Waals surface area (Å²) in [5, 5.41) is 0. The van der Waals surface area contributed by atoms with Crippen molar-refractivity contribution in [2.24, 2.45) is 5.92 Å². The van der Waals surface area contributed by atoms with E-state index in [4.69, 9.17) is 4.42 Å². The van der Waals surface area contributed by atoms with Crippen molar-refractivity contribution in [3.05, 3.63) is 60.1 Å². The van der Waals surface area contributed by atoms with Gasteiger partial charge >= 0.3 is 0 Å². The molecule has 3 rings (SSSR count). The van der Waals surface area contributed by atoms with Crippen molar-refractivity contribution in [2.75, 3.05) is 19.6 Å². The molecule has 1 aliphatic heterocycles. The molecule has 6 nitrogen and oxygen atoms in total. The van der Waals surface area contributed by atoms with Gasteiger partial charge < -0.3 is 9.32 Å². The van der Waals surface area contributed by atoms with E-state index in [1.165, 1.54) is 0 Å². The number of benzene rings is 1. The minimum Gasteiger partial charge on any atom is -0.469 e. The smallest absolute Gasteiger partial charge is 0.223 e. The number of carbonyl (C=O) groups is 1. The lowest BCUT2D eigenvalue weighted by Crippen LogP contribution is -2.43. The van der Waals surface area contributed by atoms with Gasteiger partial charge in [0.1, 0.15) is 5.76 Å². The first-order valence-corrected chi connectivity index (χ1v) is 11.0. The number of hydrogen-bond donors (Lipinski definition) is 1. The number of nitrogens with one attached hydrogen (secondary N) is 1. The molecule has 0 saturated carbocycles. The van der Waals surface area contributed by atoms with Crippen LogP contribution in [0.2, 0.25) is 0 Å². The average molecular weight is 391 g/mol. The summed E-state index contributed by atoms with van der Waals surface area (Å²) in [7, 11) is -3.38. The van der Waals surface area contributed by atoms with Gasteiger partial charge in [0, 0.05) is 32.5 Å². The van der Waals surface area contributed by atoms with Gasteiger partial charge in [-0.25, -0.2) is 13.1 Å². The standard InChI is InChI=1S/C20H26N2O4S/c23-20(11-10-19-9-5-13-26-19)22-12-4-8-18(15-22)14-21-27(24,25)16-17-6-2-1-3-7-17/h1-3,5-7,9,13,18,21H,4,8,10-12,14-16H2/t18-/m1/s1. The largest absolute Gasteiger partial charge is 0.469 e. The normalized spacial score (nSPS) is 17.8. The first kappa shape index (κ1) is 19.6. The summed E-state index contributed by atoms with van der Waals surface area (Å²) >= 11 is 0. The minimum absolute atomic E-state index is 0.0215. The fraction of sp³-hybridized carbons (Fsp3) is 0.450. The van der Waals surface area contributed by atoms with Crippen LogP contribution in [0.4, 0.5) is 0 Å². The highest BCUT2D eigenvalue weighted by molar-refractivity contribution is 7.88. The topological polar surface area (TPSA) is 79.6 Å². The molecule has 1 N–H and O–H groups in total. The van der Waals surface area contributed by atoms with Crippen LogP contribution in [0.1, 0.15) is 30.6 Å². The van der Waals surface area contributed by atoms with E-state index in [9.17, 15) is 13.2 Å². The highest BCUT2D eigenvalue weighted by Gasteiger charge is 2.25. The molecule has 2 heterocycles. The Balaban J connectivity index is 1.45. The zero-order valence-corrected chi connectivity index (χ0v) is 16.2. The van der Waals surface area contributed by atoms with E-state index in [1.54, 1.807) is 18.4 Å². The van der Waals surface area contributed by atoms with Gasteiger partial charge in [-0.05, 0) is 36.5 Å². The molecule has 1 saturated heterocycles. The van der Waals surface area contributed by atoms with Crippen molar-refractivity contribution in [3.63, 3.8) is 0 Å². The molecule has 146 valence electrons. The number of nitrogens with zero attached hydrogens (tertiary/aromatic N) is 1. The van der Waals surface area contributed by atoms with Gasteiger partial charge in [0.25, 0.3) is 0 Å². The maximum atomic E-state index is 12.4. The Morgan fingerprint density at radius 2 is 2.00 bits per heavy atom. The monoisotopic (exact) mass is 390 g/mol. The van der Waals surface area contributed by atoms with Gasteiger partial charge in [-0.1, -0.05) is 30.3 Å². The number of likely N-dealkylation sites (tertiary alicyclic amines) is 1. The summed E-state index contributed by atoms with van der Waals surface area (Å²) in [6.45, 7) is 1.71. The lowest BCUT2D eigenvalue weighted by molar-refractivity contribution is -0.133. The first-order chi connectivity index (χ1) is 13.0. The molecular weight excluding hydrogens is 364 g/mol. The van der Waals surface area contributed by atoms with Crippen molar-refractivity contribution < 1.29 is 17.6 Å². The molecule has 0 radical (unpaired) electrons. The van der Waals surface area contributed by atoms with Crippen LogP contribution < -0.4 is 4.72 Å². The van der Waals surface area contributed by atoms with E-state index in [2.05, 4.69) is 4.72 Å². The van der Waals surface area contributed by atoms with E-state index < -0.39 is 10.0 Å². The Morgan fingerprint density at radius 3 is 2.74 bits per heavy atom. The quantitative estimate of drug-likeness (QED) is 0.751. The maximum Gasteiger partial charge on any atom is 0.223 e. The minimum atomic E-state index is -3.38. The molecule has 0 aliphatic carbocycles. The third-order valence-corrected chi connectivity index (χ3v) is 6.15. The summed E-state index contributed by atoms with van der Waals surface area (Å²) < 4.78 is 32.6. The fourth-order valence-corrected chi connectivity index (χ4v) is 4.61. The predicted molar refractivity (Wildman–Crippen MR) is 103 cm³/mol. The Morgan fingerprint density at radius 1 is 1.19 bits per heavy atom. The number of piperidine rings is 1. The Kier molecular flexibility index (Phi) is 6.68. The zero-order valence-electron chi connectivity index (χ0n) is 15.3. The number of carbonyl (C=O) groups excluding carboxylic acids is 1. The van der Waals surface area contributed by atoms with Crippen LogP contribution >= 0.6 is 0 Å². The molecule has 0 spiro atoms. The SMILES string of the molecule is O=C(CCc1ccco1)N1CCC[C@H](CNS(=O)(=O)Cc2ccccc2)C1. The molecule has 1 aliphatic rings. The molecule has 1 fully saturated rings. The van der Waals surface area contributed by atoms with Gasteiger partial charge in [0.15, 0.2) is 0 Å². The molecule has 1 atom stereocenters. The van der Waals surface area contributed by atoms with Gasteiger partial charge in [0.05, 0.1) is 12.0 Å². The van der Waals surface area contributed by atoms with Crippen molar-refractivity contribution in [1.82, 2.24) is 9.62 Å². The molecule has 1 aromatic carbocycles. The van der Waals surface area contributed by atoms with E-state index in [0.717, 1.165) is 30.7 Å². The van der Waals surface area contributed by atoms with Crippen LogP contribution in [0.15, 0.2) is 53.1 Å². The number of rotatable bonds is 8. The zero-order chi connectivity index (χ0) is 19.1. The number of furan rings is 1. The van der Waals surface area contributed by atoms with E-state index in [1.807, 2.05) is 35.2 Å². The number of sulfonamides is 1. The second-order valence-corrected chi connectivity index (χ2v) is 8.83. The van der Waals surface area contributed by atoms with Gasteiger partial charge in [0.2, 0.25) is 15.9 Å². The van der Waals surface area contributed by atoms with Crippen molar-refractivity contribution in [2.45, 2.75) is 31.4 Å². The summed E-state index contributed by atoms with van der Waals surface area (Å²) in [4.78, 5) is 14.3. The van der Waals surface area contributed by atoms with E-state index >= 15 is 0 Å². The van der Waals surface area contributed by atoms with Crippen LogP contribution in [0.3, 0.4) is 0 Å². The van der Waals surface area contributed by atoms with E-state index in [0.29, 0.717) is 25.9 Å². The highest BCUT2D eigenvalue weighted by Crippen LogP contribution is 2.18. The van der Waals surface area contributed by atoms with Crippen molar-refractivity contribution in [3.8, 4) is 0 Å². The molecule has 0 unspecified atom stereocenters. The first-order valence-electron chi connectivity index (χ1n) is 9.33. The van der Waals surface area contributed by atoms with Crippen LogP contribution in [0.5, 0.6) is 0 Å². The summed E-state index contributed by atoms with van der Waals surface area (Å²) in [5.74, 6) is 1.04. The van der Waals surface area contributed by atoms with E-state index in [-0.39, 0.29) is 17.6 Å². The van der Waals surface area contributed by atoms with Crippen molar-refractivity contribution >= 4 is 15.9 Å². The van der Waals surface area contributed by atoms with Gasteiger partial charge in [-0.3, -0.25) is 4.79 Å². The van der Waals surface area contributed by atoms with Crippen LogP contribution in [-0.4, -0.2) is 38.9 Å². The highest BCUT2D eigenvalue weighted by atomic mass is 32.2. The van der Waals surface area contributed by atoms with Gasteiger partial charge in [-0.2, -0.15) is 0 Å². The van der Waals surface area contributed by atoms with Crippen LogP contribution in [0.25, 0.3) is 0 Å².